The van der Waals surface area contributed by atoms with Crippen LogP contribution in [0.5, 0.6) is 5.75 Å². The number of benzene rings is 1. The van der Waals surface area contributed by atoms with Gasteiger partial charge < -0.3 is 15.0 Å². The smallest absolute Gasteiger partial charge is 0.321 e. The molecule has 1 N–H and O–H groups in total. The molecule has 8 heteroatoms. The molecule has 0 saturated carbocycles. The lowest BCUT2D eigenvalue weighted by Crippen LogP contribution is -2.35. The molecule has 2 aromatic rings. The number of methoxy groups -OCH3 is 1. The summed E-state index contributed by atoms with van der Waals surface area (Å²) in [6.45, 7) is 7.18. The molecule has 1 aromatic carbocycles. The lowest BCUT2D eigenvalue weighted by atomic mass is 10.2. The summed E-state index contributed by atoms with van der Waals surface area (Å²) in [7, 11) is 1.58. The highest BCUT2D eigenvalue weighted by Crippen LogP contribution is 2.26. The van der Waals surface area contributed by atoms with Crippen molar-refractivity contribution in [2.24, 2.45) is 0 Å². The molecule has 0 spiro atoms. The topological polar surface area (TPSA) is 85.2 Å². The van der Waals surface area contributed by atoms with Gasteiger partial charge in [-0.05, 0) is 48.9 Å². The molecule has 1 heterocycles. The molecule has 0 aliphatic heterocycles. The summed E-state index contributed by atoms with van der Waals surface area (Å²) in [5.41, 5.74) is 1.33. The summed E-state index contributed by atoms with van der Waals surface area (Å²) in [5.74, 6) is 1.26. The van der Waals surface area contributed by atoms with E-state index in [9.17, 15) is 4.79 Å². The molecule has 23 heavy (non-hydrogen) atoms. The second kappa shape index (κ2) is 7.57. The van der Waals surface area contributed by atoms with E-state index >= 15 is 0 Å². The molecule has 0 fully saturated rings. The zero-order valence-corrected chi connectivity index (χ0v) is 13.9. The average Bonchev–Trinajstić information content (AvgIpc) is 2.98. The summed E-state index contributed by atoms with van der Waals surface area (Å²) in [4.78, 5) is 14.0. The number of nitrogens with one attached hydrogen (secondary N) is 1. The zero-order chi connectivity index (χ0) is 16.8. The minimum Gasteiger partial charge on any atom is -0.494 e. The molecule has 0 bridgehead atoms. The van der Waals surface area contributed by atoms with E-state index in [1.165, 1.54) is 0 Å². The molecule has 8 nitrogen and oxygen atoms in total. The first-order valence-corrected chi connectivity index (χ1v) is 7.60. The number of carbonyl (C=O) groups is 1. The Morgan fingerprint density at radius 2 is 2.17 bits per heavy atom. The van der Waals surface area contributed by atoms with Crippen LogP contribution < -0.4 is 10.1 Å². The van der Waals surface area contributed by atoms with Crippen LogP contribution in [-0.2, 0) is 0 Å². The first-order chi connectivity index (χ1) is 11.1. The van der Waals surface area contributed by atoms with Gasteiger partial charge in [0.1, 0.15) is 11.4 Å². The number of nitrogens with zero attached hydrogens (tertiary/aromatic N) is 5. The van der Waals surface area contributed by atoms with Gasteiger partial charge in [0, 0.05) is 18.8 Å². The SMILES string of the molecule is CCCN(CC)C(=O)Nc1ccc(OC)c(-n2nnnc2C)c1. The normalized spacial score (nSPS) is 10.4. The Morgan fingerprint density at radius 1 is 1.39 bits per heavy atom. The largest absolute Gasteiger partial charge is 0.494 e. The van der Waals surface area contributed by atoms with Gasteiger partial charge in [0.2, 0.25) is 0 Å². The number of aryl methyl sites for hydroxylation is 1. The quantitative estimate of drug-likeness (QED) is 0.883. The van der Waals surface area contributed by atoms with Crippen LogP contribution in [0.3, 0.4) is 0 Å². The van der Waals surface area contributed by atoms with Crippen LogP contribution in [-0.4, -0.2) is 51.3 Å². The number of tetrazole rings is 1. The highest BCUT2D eigenvalue weighted by Gasteiger charge is 2.14. The van der Waals surface area contributed by atoms with Crippen molar-refractivity contribution in [3.63, 3.8) is 0 Å². The van der Waals surface area contributed by atoms with Crippen molar-refractivity contribution in [1.29, 1.82) is 0 Å². The van der Waals surface area contributed by atoms with E-state index in [2.05, 4.69) is 20.8 Å². The minimum atomic E-state index is -0.126. The van der Waals surface area contributed by atoms with E-state index in [4.69, 9.17) is 4.74 Å². The fraction of sp³-hybridized carbons (Fsp3) is 0.467. The maximum atomic E-state index is 12.3. The van der Waals surface area contributed by atoms with Crippen molar-refractivity contribution in [1.82, 2.24) is 25.1 Å². The molecule has 0 radical (unpaired) electrons. The van der Waals surface area contributed by atoms with Crippen LogP contribution in [0, 0.1) is 6.92 Å². The van der Waals surface area contributed by atoms with Gasteiger partial charge in [-0.25, -0.2) is 4.79 Å². The van der Waals surface area contributed by atoms with Crippen LogP contribution >= 0.6 is 0 Å². The van der Waals surface area contributed by atoms with Crippen molar-refractivity contribution >= 4 is 11.7 Å². The van der Waals surface area contributed by atoms with E-state index in [1.807, 2.05) is 13.8 Å². The number of hydrogen-bond acceptors (Lipinski definition) is 5. The predicted octanol–water partition coefficient (Wildman–Crippen LogP) is 2.24. The molecule has 0 aliphatic rings. The Balaban J connectivity index is 2.28. The van der Waals surface area contributed by atoms with Gasteiger partial charge in [-0.1, -0.05) is 6.92 Å². The van der Waals surface area contributed by atoms with Crippen molar-refractivity contribution in [3.8, 4) is 11.4 Å². The van der Waals surface area contributed by atoms with Crippen LogP contribution in [0.1, 0.15) is 26.1 Å². The molecule has 0 atom stereocenters. The lowest BCUT2D eigenvalue weighted by Gasteiger charge is -2.21. The van der Waals surface area contributed by atoms with Crippen molar-refractivity contribution < 1.29 is 9.53 Å². The number of anilines is 1. The monoisotopic (exact) mass is 318 g/mol. The Hall–Kier alpha value is -2.64. The molecule has 2 rings (SSSR count). The fourth-order valence-electron chi connectivity index (χ4n) is 2.26. The van der Waals surface area contributed by atoms with Crippen LogP contribution in [0.15, 0.2) is 18.2 Å². The second-order valence-electron chi connectivity index (χ2n) is 5.03. The molecule has 0 aliphatic carbocycles. The van der Waals surface area contributed by atoms with Crippen molar-refractivity contribution in [3.05, 3.63) is 24.0 Å². The molecule has 1 aromatic heterocycles. The standard InChI is InChI=1S/C15H22N6O2/c1-5-9-20(6-2)15(22)16-12-7-8-14(23-4)13(10-12)21-11(3)17-18-19-21/h7-8,10H,5-6,9H2,1-4H3,(H,16,22). The average molecular weight is 318 g/mol. The Morgan fingerprint density at radius 3 is 2.74 bits per heavy atom. The summed E-state index contributed by atoms with van der Waals surface area (Å²) >= 11 is 0. The van der Waals surface area contributed by atoms with Gasteiger partial charge >= 0.3 is 6.03 Å². The van der Waals surface area contributed by atoms with Gasteiger partial charge in [-0.2, -0.15) is 4.68 Å². The summed E-state index contributed by atoms with van der Waals surface area (Å²) in [6, 6.07) is 5.24. The van der Waals surface area contributed by atoms with Gasteiger partial charge in [0.15, 0.2) is 5.82 Å². The van der Waals surface area contributed by atoms with Gasteiger partial charge in [0.05, 0.1) is 7.11 Å². The third kappa shape index (κ3) is 3.77. The third-order valence-corrected chi connectivity index (χ3v) is 3.45. The molecular formula is C15H22N6O2. The maximum Gasteiger partial charge on any atom is 0.321 e. The molecule has 0 unspecified atom stereocenters. The lowest BCUT2D eigenvalue weighted by molar-refractivity contribution is 0.214. The predicted molar refractivity (Wildman–Crippen MR) is 87.0 cm³/mol. The summed E-state index contributed by atoms with van der Waals surface area (Å²) in [5, 5.41) is 14.4. The van der Waals surface area contributed by atoms with Gasteiger partial charge in [-0.15, -0.1) is 5.10 Å². The van der Waals surface area contributed by atoms with E-state index in [0.29, 0.717) is 29.5 Å². The van der Waals surface area contributed by atoms with E-state index < -0.39 is 0 Å². The van der Waals surface area contributed by atoms with Gasteiger partial charge in [-0.3, -0.25) is 0 Å². The Bertz CT molecular complexity index is 670. The maximum absolute atomic E-state index is 12.3. The van der Waals surface area contributed by atoms with Crippen LogP contribution in [0.4, 0.5) is 10.5 Å². The minimum absolute atomic E-state index is 0.126. The van der Waals surface area contributed by atoms with Crippen LogP contribution in [0.2, 0.25) is 0 Å². The summed E-state index contributed by atoms with van der Waals surface area (Å²) < 4.78 is 6.92. The summed E-state index contributed by atoms with van der Waals surface area (Å²) in [6.07, 6.45) is 0.916. The highest BCUT2D eigenvalue weighted by molar-refractivity contribution is 5.89. The molecular weight excluding hydrogens is 296 g/mol. The van der Waals surface area contributed by atoms with Gasteiger partial charge in [0.25, 0.3) is 0 Å². The van der Waals surface area contributed by atoms with E-state index in [0.717, 1.165) is 13.0 Å². The third-order valence-electron chi connectivity index (χ3n) is 3.45. The molecule has 2 amide bonds. The number of urea groups is 1. The van der Waals surface area contributed by atoms with Crippen molar-refractivity contribution in [2.45, 2.75) is 27.2 Å². The molecule has 124 valence electrons. The number of ether oxygens (including phenoxy) is 1. The Labute approximate surface area is 135 Å². The van der Waals surface area contributed by atoms with E-state index in [-0.39, 0.29) is 6.03 Å². The highest BCUT2D eigenvalue weighted by atomic mass is 16.5. The van der Waals surface area contributed by atoms with E-state index in [1.54, 1.807) is 41.8 Å². The zero-order valence-electron chi connectivity index (χ0n) is 13.9. The number of carbonyl (C=O) groups excluding carboxylic acids is 1. The van der Waals surface area contributed by atoms with Crippen molar-refractivity contribution in [2.75, 3.05) is 25.5 Å². The number of rotatable bonds is 6. The second-order valence-corrected chi connectivity index (χ2v) is 5.03. The Kier molecular flexibility index (Phi) is 5.51. The number of aromatic nitrogens is 4. The number of amides is 2. The fourth-order valence-corrected chi connectivity index (χ4v) is 2.26. The molecule has 0 saturated heterocycles. The first-order valence-electron chi connectivity index (χ1n) is 7.60. The number of hydrogen-bond donors (Lipinski definition) is 1. The van der Waals surface area contributed by atoms with Crippen LogP contribution in [0.25, 0.3) is 5.69 Å². The first kappa shape index (κ1) is 16.7.